The van der Waals surface area contributed by atoms with Crippen LogP contribution < -0.4 is 9.47 Å². The van der Waals surface area contributed by atoms with Crippen LogP contribution in [-0.2, 0) is 16.1 Å². The highest BCUT2D eigenvalue weighted by molar-refractivity contribution is 7.11. The smallest absolute Gasteiger partial charge is 0.367 e. The highest BCUT2D eigenvalue weighted by Gasteiger charge is 2.18. The maximum atomic E-state index is 12.3. The van der Waals surface area contributed by atoms with Crippen molar-refractivity contribution < 1.29 is 28.5 Å². The average molecular weight is 400 g/mol. The van der Waals surface area contributed by atoms with Gasteiger partial charge in [-0.15, -0.1) is 11.3 Å². The number of hydrogen-bond donors (Lipinski definition) is 0. The summed E-state index contributed by atoms with van der Waals surface area (Å²) in [7, 11) is 1.45. The lowest BCUT2D eigenvalue weighted by atomic mass is 10.2. The molecule has 0 bridgehead atoms. The standard InChI is InChI=1S/C17H18ClNO6S/c1-4-23-14-12(18)6-10(7-13(14)22-3)16(20)25-8-11-9-26-15(19-11)17(21)24-5-2/h6-7,9H,4-5,8H2,1-3H3. The number of carbonyl (C=O) groups is 2. The predicted molar refractivity (Wildman–Crippen MR) is 96.4 cm³/mol. The molecule has 140 valence electrons. The maximum Gasteiger partial charge on any atom is 0.367 e. The zero-order valence-electron chi connectivity index (χ0n) is 14.5. The van der Waals surface area contributed by atoms with Crippen LogP contribution in [0, 0.1) is 0 Å². The number of esters is 2. The molecule has 1 aromatic heterocycles. The highest BCUT2D eigenvalue weighted by atomic mass is 35.5. The van der Waals surface area contributed by atoms with Crippen molar-refractivity contribution in [3.05, 3.63) is 38.8 Å². The van der Waals surface area contributed by atoms with Gasteiger partial charge in [-0.3, -0.25) is 0 Å². The fourth-order valence-corrected chi connectivity index (χ4v) is 2.96. The van der Waals surface area contributed by atoms with Gasteiger partial charge in [-0.2, -0.15) is 0 Å². The largest absolute Gasteiger partial charge is 0.493 e. The van der Waals surface area contributed by atoms with E-state index in [-0.39, 0.29) is 28.8 Å². The predicted octanol–water partition coefficient (Wildman–Crippen LogP) is 3.74. The summed E-state index contributed by atoms with van der Waals surface area (Å²) < 4.78 is 20.7. The summed E-state index contributed by atoms with van der Waals surface area (Å²) in [6.07, 6.45) is 0. The van der Waals surface area contributed by atoms with Crippen molar-refractivity contribution in [2.24, 2.45) is 0 Å². The third kappa shape index (κ3) is 4.86. The molecule has 26 heavy (non-hydrogen) atoms. The van der Waals surface area contributed by atoms with Gasteiger partial charge in [-0.25, -0.2) is 14.6 Å². The zero-order valence-corrected chi connectivity index (χ0v) is 16.1. The van der Waals surface area contributed by atoms with E-state index >= 15 is 0 Å². The molecule has 0 saturated carbocycles. The Morgan fingerprint density at radius 1 is 1.15 bits per heavy atom. The second-order valence-corrected chi connectivity index (χ2v) is 6.13. The molecule has 0 spiro atoms. The van der Waals surface area contributed by atoms with E-state index in [1.807, 2.05) is 6.92 Å². The monoisotopic (exact) mass is 399 g/mol. The first kappa shape index (κ1) is 20.0. The van der Waals surface area contributed by atoms with E-state index < -0.39 is 11.9 Å². The van der Waals surface area contributed by atoms with Gasteiger partial charge >= 0.3 is 11.9 Å². The number of rotatable bonds is 8. The molecule has 0 unspecified atom stereocenters. The lowest BCUT2D eigenvalue weighted by Gasteiger charge is -2.12. The Bertz CT molecular complexity index is 792. The molecule has 0 N–H and O–H groups in total. The molecule has 2 aromatic rings. The third-order valence-corrected chi connectivity index (χ3v) is 4.26. The van der Waals surface area contributed by atoms with E-state index in [0.717, 1.165) is 11.3 Å². The maximum absolute atomic E-state index is 12.3. The minimum atomic E-state index is -0.598. The van der Waals surface area contributed by atoms with Crippen LogP contribution in [0.3, 0.4) is 0 Å². The van der Waals surface area contributed by atoms with E-state index in [2.05, 4.69) is 4.98 Å². The molecular formula is C17H18ClNO6S. The minimum absolute atomic E-state index is 0.0815. The van der Waals surface area contributed by atoms with Crippen LogP contribution in [0.4, 0.5) is 0 Å². The molecular weight excluding hydrogens is 382 g/mol. The van der Waals surface area contributed by atoms with E-state index in [1.165, 1.54) is 19.2 Å². The van der Waals surface area contributed by atoms with E-state index in [0.29, 0.717) is 23.8 Å². The Kier molecular flexibility index (Phi) is 7.23. The van der Waals surface area contributed by atoms with Crippen molar-refractivity contribution >= 4 is 34.9 Å². The summed E-state index contributed by atoms with van der Waals surface area (Å²) in [6.45, 7) is 4.12. The topological polar surface area (TPSA) is 84.0 Å². The first-order valence-corrected chi connectivity index (χ1v) is 9.04. The Hall–Kier alpha value is -2.32. The molecule has 9 heteroatoms. The summed E-state index contributed by atoms with van der Waals surface area (Å²) in [5.74, 6) is -0.395. The fourth-order valence-electron chi connectivity index (χ4n) is 2.00. The number of aromatic nitrogens is 1. The Morgan fingerprint density at radius 2 is 1.92 bits per heavy atom. The summed E-state index contributed by atoms with van der Waals surface area (Å²) in [4.78, 5) is 27.9. The first-order chi connectivity index (χ1) is 12.5. The molecule has 0 fully saturated rings. The number of thiazole rings is 1. The van der Waals surface area contributed by atoms with Crippen molar-refractivity contribution in [1.82, 2.24) is 4.98 Å². The highest BCUT2D eigenvalue weighted by Crippen LogP contribution is 2.36. The third-order valence-electron chi connectivity index (χ3n) is 3.11. The van der Waals surface area contributed by atoms with Gasteiger partial charge in [0.2, 0.25) is 5.01 Å². The molecule has 1 aromatic carbocycles. The second kappa shape index (κ2) is 9.40. The molecule has 2 rings (SSSR count). The number of carbonyl (C=O) groups excluding carboxylic acids is 2. The van der Waals surface area contributed by atoms with Gasteiger partial charge in [-0.05, 0) is 26.0 Å². The molecule has 0 radical (unpaired) electrons. The van der Waals surface area contributed by atoms with Crippen LogP contribution >= 0.6 is 22.9 Å². The minimum Gasteiger partial charge on any atom is -0.493 e. The quantitative estimate of drug-likeness (QED) is 0.625. The van der Waals surface area contributed by atoms with Crippen molar-refractivity contribution in [2.75, 3.05) is 20.3 Å². The SMILES string of the molecule is CCOC(=O)c1nc(COC(=O)c2cc(Cl)c(OCC)c(OC)c2)cs1. The first-order valence-electron chi connectivity index (χ1n) is 7.79. The number of benzene rings is 1. The normalized spacial score (nSPS) is 10.3. The number of hydrogen-bond acceptors (Lipinski definition) is 8. The van der Waals surface area contributed by atoms with Gasteiger partial charge in [0.15, 0.2) is 11.5 Å². The van der Waals surface area contributed by atoms with Gasteiger partial charge in [0.25, 0.3) is 0 Å². The Balaban J connectivity index is 2.06. The van der Waals surface area contributed by atoms with Crippen LogP contribution in [0.5, 0.6) is 11.5 Å². The molecule has 0 amide bonds. The van der Waals surface area contributed by atoms with Gasteiger partial charge in [-0.1, -0.05) is 11.6 Å². The zero-order chi connectivity index (χ0) is 19.1. The molecule has 0 saturated heterocycles. The summed E-state index contributed by atoms with van der Waals surface area (Å²) >= 11 is 7.27. The van der Waals surface area contributed by atoms with Crippen LogP contribution in [0.25, 0.3) is 0 Å². The summed E-state index contributed by atoms with van der Waals surface area (Å²) in [5, 5.41) is 2.09. The van der Waals surface area contributed by atoms with Crippen LogP contribution in [0.15, 0.2) is 17.5 Å². The van der Waals surface area contributed by atoms with Gasteiger partial charge < -0.3 is 18.9 Å². The van der Waals surface area contributed by atoms with Crippen LogP contribution in [0.1, 0.15) is 39.7 Å². The number of ether oxygens (including phenoxy) is 4. The molecule has 1 heterocycles. The van der Waals surface area contributed by atoms with Gasteiger partial charge in [0.05, 0.1) is 36.6 Å². The number of methoxy groups -OCH3 is 1. The summed E-state index contributed by atoms with van der Waals surface area (Å²) in [6, 6.07) is 2.94. The van der Waals surface area contributed by atoms with Gasteiger partial charge in [0, 0.05) is 5.38 Å². The Morgan fingerprint density at radius 3 is 2.58 bits per heavy atom. The average Bonchev–Trinajstić information content (AvgIpc) is 3.10. The van der Waals surface area contributed by atoms with Gasteiger partial charge in [0.1, 0.15) is 6.61 Å². The van der Waals surface area contributed by atoms with Crippen LogP contribution in [-0.4, -0.2) is 37.2 Å². The molecule has 0 aliphatic carbocycles. The number of halogens is 1. The second-order valence-electron chi connectivity index (χ2n) is 4.86. The Labute approximate surface area is 159 Å². The van der Waals surface area contributed by atoms with Crippen LogP contribution in [0.2, 0.25) is 5.02 Å². The summed E-state index contributed by atoms with van der Waals surface area (Å²) in [5.41, 5.74) is 0.673. The molecule has 0 atom stereocenters. The molecule has 7 nitrogen and oxygen atoms in total. The molecule has 0 aliphatic heterocycles. The van der Waals surface area contributed by atoms with Crippen molar-refractivity contribution in [3.8, 4) is 11.5 Å². The number of nitrogens with zero attached hydrogens (tertiary/aromatic N) is 1. The lowest BCUT2D eigenvalue weighted by Crippen LogP contribution is -2.08. The van der Waals surface area contributed by atoms with E-state index in [4.69, 9.17) is 30.5 Å². The lowest BCUT2D eigenvalue weighted by molar-refractivity contribution is 0.0467. The van der Waals surface area contributed by atoms with Crippen molar-refractivity contribution in [2.45, 2.75) is 20.5 Å². The van der Waals surface area contributed by atoms with Crippen molar-refractivity contribution in [3.63, 3.8) is 0 Å². The molecule has 0 aliphatic rings. The van der Waals surface area contributed by atoms with E-state index in [1.54, 1.807) is 12.3 Å². The fraction of sp³-hybridized carbons (Fsp3) is 0.353. The van der Waals surface area contributed by atoms with E-state index in [9.17, 15) is 9.59 Å². The van der Waals surface area contributed by atoms with Crippen molar-refractivity contribution in [1.29, 1.82) is 0 Å².